The van der Waals surface area contributed by atoms with Gasteiger partial charge in [0, 0.05) is 0 Å². The van der Waals surface area contributed by atoms with Gasteiger partial charge in [0.1, 0.15) is 6.33 Å². The summed E-state index contributed by atoms with van der Waals surface area (Å²) in [6.07, 6.45) is -3.01. The lowest BCUT2D eigenvalue weighted by Crippen LogP contribution is -2.15. The van der Waals surface area contributed by atoms with Crippen LogP contribution >= 0.6 is 23.4 Å². The van der Waals surface area contributed by atoms with Crippen LogP contribution in [0.1, 0.15) is 5.56 Å². The van der Waals surface area contributed by atoms with Crippen molar-refractivity contribution in [2.24, 2.45) is 0 Å². The Balaban J connectivity index is 1.62. The maximum absolute atomic E-state index is 12.8. The van der Waals surface area contributed by atoms with Crippen LogP contribution in [0.2, 0.25) is 5.02 Å². The van der Waals surface area contributed by atoms with Crippen LogP contribution in [0.25, 0.3) is 5.69 Å². The highest BCUT2D eigenvalue weighted by Crippen LogP contribution is 2.33. The van der Waals surface area contributed by atoms with E-state index in [1.807, 2.05) is 30.3 Å². The van der Waals surface area contributed by atoms with E-state index in [1.165, 1.54) is 6.33 Å². The van der Waals surface area contributed by atoms with Gasteiger partial charge in [-0.2, -0.15) is 13.2 Å². The van der Waals surface area contributed by atoms with Crippen molar-refractivity contribution in [2.75, 3.05) is 11.1 Å². The van der Waals surface area contributed by atoms with E-state index < -0.39 is 17.6 Å². The highest BCUT2D eigenvalue weighted by Gasteiger charge is 2.31. The van der Waals surface area contributed by atoms with Crippen molar-refractivity contribution in [1.82, 2.24) is 14.8 Å². The number of hydrogen-bond donors (Lipinski definition) is 1. The third kappa shape index (κ3) is 5.01. The zero-order chi connectivity index (χ0) is 19.4. The molecule has 140 valence electrons. The Bertz CT molecular complexity index is 947. The largest absolute Gasteiger partial charge is 0.416 e. The monoisotopic (exact) mass is 412 g/mol. The average Bonchev–Trinajstić information content (AvgIpc) is 3.11. The highest BCUT2D eigenvalue weighted by atomic mass is 35.5. The van der Waals surface area contributed by atoms with Crippen molar-refractivity contribution in [2.45, 2.75) is 11.3 Å². The molecule has 0 bridgehead atoms. The van der Waals surface area contributed by atoms with Gasteiger partial charge in [-0.3, -0.25) is 4.79 Å². The van der Waals surface area contributed by atoms with Crippen LogP contribution in [-0.2, 0) is 11.0 Å². The highest BCUT2D eigenvalue weighted by molar-refractivity contribution is 7.99. The number of thioether (sulfide) groups is 1. The molecule has 0 unspecified atom stereocenters. The molecule has 3 rings (SSSR count). The molecule has 1 N–H and O–H groups in total. The fraction of sp³-hybridized carbons (Fsp3) is 0.118. The second-order valence-electron chi connectivity index (χ2n) is 5.34. The molecule has 10 heteroatoms. The predicted octanol–water partition coefficient (Wildman–Crippen LogP) is 4.67. The molecule has 1 heterocycles. The number of rotatable bonds is 5. The second kappa shape index (κ2) is 8.01. The van der Waals surface area contributed by atoms with Crippen molar-refractivity contribution < 1.29 is 18.0 Å². The Morgan fingerprint density at radius 3 is 2.63 bits per heavy atom. The van der Waals surface area contributed by atoms with E-state index >= 15 is 0 Å². The second-order valence-corrected chi connectivity index (χ2v) is 6.69. The van der Waals surface area contributed by atoms with Crippen LogP contribution in [-0.4, -0.2) is 26.4 Å². The third-order valence-corrected chi connectivity index (χ3v) is 4.57. The Morgan fingerprint density at radius 1 is 1.19 bits per heavy atom. The van der Waals surface area contributed by atoms with Gasteiger partial charge in [-0.25, -0.2) is 9.67 Å². The molecule has 2 aromatic carbocycles. The summed E-state index contributed by atoms with van der Waals surface area (Å²) in [5, 5.41) is 7.00. The maximum Gasteiger partial charge on any atom is 0.416 e. The molecule has 1 aromatic heterocycles. The van der Waals surface area contributed by atoms with Crippen molar-refractivity contribution in [1.29, 1.82) is 0 Å². The molecule has 0 fully saturated rings. The summed E-state index contributed by atoms with van der Waals surface area (Å²) in [7, 11) is 0. The zero-order valence-corrected chi connectivity index (χ0v) is 15.1. The Labute approximate surface area is 161 Å². The summed E-state index contributed by atoms with van der Waals surface area (Å²) in [5.74, 6) is -0.594. The topological polar surface area (TPSA) is 59.8 Å². The molecular formula is C17H12ClF3N4OS. The minimum absolute atomic E-state index is 0.0211. The normalized spacial score (nSPS) is 11.4. The standard InChI is InChI=1S/C17H12ClF3N4OS/c18-13-7-6-11(17(19,20)21)8-14(13)23-15(26)9-27-16-22-10-25(24-16)12-4-2-1-3-5-12/h1-8,10H,9H2,(H,23,26). The van der Waals surface area contributed by atoms with Gasteiger partial charge in [0.05, 0.1) is 27.7 Å². The Hall–Kier alpha value is -2.52. The summed E-state index contributed by atoms with van der Waals surface area (Å²) < 4.78 is 39.9. The number of benzene rings is 2. The molecular weight excluding hydrogens is 401 g/mol. The van der Waals surface area contributed by atoms with Crippen LogP contribution in [0.15, 0.2) is 60.0 Å². The number of carbonyl (C=O) groups excluding carboxylic acids is 1. The summed E-state index contributed by atoms with van der Waals surface area (Å²) in [6.45, 7) is 0. The maximum atomic E-state index is 12.8. The number of anilines is 1. The van der Waals surface area contributed by atoms with E-state index in [-0.39, 0.29) is 16.5 Å². The van der Waals surface area contributed by atoms with Crippen LogP contribution in [0.4, 0.5) is 18.9 Å². The van der Waals surface area contributed by atoms with Crippen molar-refractivity contribution in [3.63, 3.8) is 0 Å². The lowest BCUT2D eigenvalue weighted by molar-refractivity contribution is -0.137. The fourth-order valence-electron chi connectivity index (χ4n) is 2.13. The third-order valence-electron chi connectivity index (χ3n) is 3.39. The predicted molar refractivity (Wildman–Crippen MR) is 97.2 cm³/mol. The molecule has 1 amide bonds. The lowest BCUT2D eigenvalue weighted by atomic mass is 10.2. The first-order valence-electron chi connectivity index (χ1n) is 7.59. The first kappa shape index (κ1) is 19.2. The van der Waals surface area contributed by atoms with E-state index in [1.54, 1.807) is 4.68 Å². The molecule has 0 saturated carbocycles. The van der Waals surface area contributed by atoms with Gasteiger partial charge >= 0.3 is 6.18 Å². The number of halogens is 4. The number of alkyl halides is 3. The van der Waals surface area contributed by atoms with E-state index in [9.17, 15) is 18.0 Å². The molecule has 0 aliphatic carbocycles. The summed E-state index contributed by atoms with van der Waals surface area (Å²) in [6, 6.07) is 12.0. The summed E-state index contributed by atoms with van der Waals surface area (Å²) in [4.78, 5) is 16.1. The summed E-state index contributed by atoms with van der Waals surface area (Å²) >= 11 is 6.92. The molecule has 0 spiro atoms. The van der Waals surface area contributed by atoms with Gasteiger partial charge < -0.3 is 5.32 Å². The molecule has 0 saturated heterocycles. The van der Waals surface area contributed by atoms with Gasteiger partial charge in [0.15, 0.2) is 0 Å². The van der Waals surface area contributed by atoms with Gasteiger partial charge in [0.25, 0.3) is 0 Å². The van der Waals surface area contributed by atoms with Crippen molar-refractivity contribution in [3.05, 3.63) is 65.4 Å². The SMILES string of the molecule is O=C(CSc1ncn(-c2ccccc2)n1)Nc1cc(C(F)(F)F)ccc1Cl. The van der Waals surface area contributed by atoms with Crippen LogP contribution < -0.4 is 5.32 Å². The minimum Gasteiger partial charge on any atom is -0.324 e. The molecule has 0 atom stereocenters. The van der Waals surface area contributed by atoms with Crippen LogP contribution in [0, 0.1) is 0 Å². The Kier molecular flexibility index (Phi) is 5.71. The number of amides is 1. The minimum atomic E-state index is -4.52. The van der Waals surface area contributed by atoms with Crippen LogP contribution in [0.3, 0.4) is 0 Å². The van der Waals surface area contributed by atoms with E-state index in [2.05, 4.69) is 15.4 Å². The lowest BCUT2D eigenvalue weighted by Gasteiger charge is -2.11. The number of nitrogens with zero attached hydrogens (tertiary/aromatic N) is 3. The smallest absolute Gasteiger partial charge is 0.324 e. The van der Waals surface area contributed by atoms with Gasteiger partial charge in [0.2, 0.25) is 11.1 Å². The number of nitrogens with one attached hydrogen (secondary N) is 1. The van der Waals surface area contributed by atoms with Crippen LogP contribution in [0.5, 0.6) is 0 Å². The molecule has 0 radical (unpaired) electrons. The van der Waals surface area contributed by atoms with Crippen molar-refractivity contribution >= 4 is 35.0 Å². The quantitative estimate of drug-likeness (QED) is 0.619. The average molecular weight is 413 g/mol. The number of aromatic nitrogens is 3. The molecule has 0 aliphatic rings. The molecule has 27 heavy (non-hydrogen) atoms. The first-order valence-corrected chi connectivity index (χ1v) is 8.96. The van der Waals surface area contributed by atoms with E-state index in [4.69, 9.17) is 11.6 Å². The van der Waals surface area contributed by atoms with Gasteiger partial charge in [-0.05, 0) is 30.3 Å². The zero-order valence-electron chi connectivity index (χ0n) is 13.6. The molecule has 5 nitrogen and oxygen atoms in total. The Morgan fingerprint density at radius 2 is 1.93 bits per heavy atom. The number of para-hydroxylation sites is 1. The summed E-state index contributed by atoms with van der Waals surface area (Å²) in [5.41, 5.74) is -0.171. The van der Waals surface area contributed by atoms with Crippen molar-refractivity contribution in [3.8, 4) is 5.69 Å². The number of hydrogen-bond acceptors (Lipinski definition) is 4. The van der Waals surface area contributed by atoms with E-state index in [0.717, 1.165) is 35.6 Å². The first-order chi connectivity index (χ1) is 12.8. The van der Waals surface area contributed by atoms with Gasteiger partial charge in [-0.1, -0.05) is 41.6 Å². The fourth-order valence-corrected chi connectivity index (χ4v) is 2.90. The molecule has 0 aliphatic heterocycles. The van der Waals surface area contributed by atoms with E-state index in [0.29, 0.717) is 5.16 Å². The number of carbonyl (C=O) groups is 1. The van der Waals surface area contributed by atoms with Gasteiger partial charge in [-0.15, -0.1) is 5.10 Å². The molecule has 3 aromatic rings.